The van der Waals surface area contributed by atoms with E-state index in [0.29, 0.717) is 10.9 Å². The predicted molar refractivity (Wildman–Crippen MR) is 90.1 cm³/mol. The van der Waals surface area contributed by atoms with Crippen molar-refractivity contribution in [1.29, 1.82) is 0 Å². The minimum absolute atomic E-state index is 0.00665. The zero-order valence-corrected chi connectivity index (χ0v) is 12.6. The second-order valence-corrected chi connectivity index (χ2v) is 5.32. The van der Waals surface area contributed by atoms with E-state index in [1.165, 1.54) is 10.9 Å². The van der Waals surface area contributed by atoms with Crippen LogP contribution in [0.1, 0.15) is 0 Å². The van der Waals surface area contributed by atoms with E-state index in [-0.39, 0.29) is 17.9 Å². The Hall–Kier alpha value is -3.48. The maximum atomic E-state index is 12.4. The standard InChI is InChI=1S/C17H13N5O2/c23-16-9-19-21(14-7-3-1-5-12(14)16)10-17(24)20-22-11-18-13-6-2-4-8-15(13)22/h1-9,11H,10H2,(H,20,24). The highest BCUT2D eigenvalue weighted by Crippen LogP contribution is 2.10. The molecular formula is C17H13N5O2. The quantitative estimate of drug-likeness (QED) is 0.621. The van der Waals surface area contributed by atoms with Crippen molar-refractivity contribution in [3.63, 3.8) is 0 Å². The number of hydrogen-bond acceptors (Lipinski definition) is 4. The molecule has 0 aliphatic rings. The van der Waals surface area contributed by atoms with E-state index in [0.717, 1.165) is 11.0 Å². The topological polar surface area (TPSA) is 81.8 Å². The van der Waals surface area contributed by atoms with E-state index >= 15 is 0 Å². The van der Waals surface area contributed by atoms with Crippen molar-refractivity contribution in [3.05, 3.63) is 71.3 Å². The monoisotopic (exact) mass is 319 g/mol. The molecule has 1 amide bonds. The number of benzene rings is 2. The highest BCUT2D eigenvalue weighted by Gasteiger charge is 2.09. The molecule has 2 aromatic heterocycles. The number of carbonyl (C=O) groups excluding carboxylic acids is 1. The molecule has 0 radical (unpaired) electrons. The van der Waals surface area contributed by atoms with Gasteiger partial charge in [-0.25, -0.2) is 9.66 Å². The largest absolute Gasteiger partial charge is 0.287 e. The Bertz CT molecular complexity index is 1110. The first-order valence-electron chi connectivity index (χ1n) is 7.39. The second-order valence-electron chi connectivity index (χ2n) is 5.32. The van der Waals surface area contributed by atoms with E-state index in [9.17, 15) is 9.59 Å². The summed E-state index contributed by atoms with van der Waals surface area (Å²) < 4.78 is 3.08. The lowest BCUT2D eigenvalue weighted by Crippen LogP contribution is -2.27. The van der Waals surface area contributed by atoms with Crippen molar-refractivity contribution in [2.75, 3.05) is 5.43 Å². The molecular weight excluding hydrogens is 306 g/mol. The molecule has 2 aromatic carbocycles. The van der Waals surface area contributed by atoms with Crippen LogP contribution in [0.3, 0.4) is 0 Å². The average Bonchev–Trinajstić information content (AvgIpc) is 3.01. The maximum absolute atomic E-state index is 12.4. The summed E-state index contributed by atoms with van der Waals surface area (Å²) in [4.78, 5) is 28.4. The van der Waals surface area contributed by atoms with Gasteiger partial charge in [0.25, 0.3) is 5.91 Å². The number of hydrogen-bond donors (Lipinski definition) is 1. The van der Waals surface area contributed by atoms with Crippen LogP contribution in [0.5, 0.6) is 0 Å². The van der Waals surface area contributed by atoms with Crippen LogP contribution < -0.4 is 10.9 Å². The van der Waals surface area contributed by atoms with Crippen molar-refractivity contribution in [3.8, 4) is 0 Å². The third-order valence-electron chi connectivity index (χ3n) is 3.75. The first-order chi connectivity index (χ1) is 11.7. The molecule has 0 aliphatic carbocycles. The zero-order chi connectivity index (χ0) is 16.5. The average molecular weight is 319 g/mol. The van der Waals surface area contributed by atoms with Gasteiger partial charge in [-0.15, -0.1) is 0 Å². The highest BCUT2D eigenvalue weighted by molar-refractivity contribution is 5.87. The van der Waals surface area contributed by atoms with Gasteiger partial charge in [0.2, 0.25) is 5.43 Å². The van der Waals surface area contributed by atoms with Crippen LogP contribution in [-0.2, 0) is 11.3 Å². The Morgan fingerprint density at radius 1 is 1.04 bits per heavy atom. The van der Waals surface area contributed by atoms with Gasteiger partial charge < -0.3 is 0 Å². The van der Waals surface area contributed by atoms with Crippen molar-refractivity contribution in [1.82, 2.24) is 19.4 Å². The fourth-order valence-electron chi connectivity index (χ4n) is 2.64. The van der Waals surface area contributed by atoms with Gasteiger partial charge in [0.05, 0.1) is 22.7 Å². The summed E-state index contributed by atoms with van der Waals surface area (Å²) in [6.45, 7) is -0.00665. The number of nitrogens with one attached hydrogen (secondary N) is 1. The van der Waals surface area contributed by atoms with Gasteiger partial charge >= 0.3 is 0 Å². The van der Waals surface area contributed by atoms with Crippen LogP contribution >= 0.6 is 0 Å². The third kappa shape index (κ3) is 2.41. The Kier molecular flexibility index (Phi) is 3.31. The number of fused-ring (bicyclic) bond motifs is 2. The smallest absolute Gasteiger partial charge is 0.260 e. The van der Waals surface area contributed by atoms with Crippen LogP contribution in [0, 0.1) is 0 Å². The maximum Gasteiger partial charge on any atom is 0.260 e. The fourth-order valence-corrected chi connectivity index (χ4v) is 2.64. The second kappa shape index (κ2) is 5.62. The summed E-state index contributed by atoms with van der Waals surface area (Å²) in [7, 11) is 0. The predicted octanol–water partition coefficient (Wildman–Crippen LogP) is 1.52. The lowest BCUT2D eigenvalue weighted by Gasteiger charge is -2.10. The number of amides is 1. The number of carbonyl (C=O) groups is 1. The molecule has 2 heterocycles. The molecule has 118 valence electrons. The summed E-state index contributed by atoms with van der Waals surface area (Å²) in [5, 5.41) is 4.59. The van der Waals surface area contributed by atoms with E-state index in [1.54, 1.807) is 35.3 Å². The molecule has 0 saturated heterocycles. The Labute approximate surface area is 136 Å². The van der Waals surface area contributed by atoms with Crippen molar-refractivity contribution >= 4 is 27.8 Å². The van der Waals surface area contributed by atoms with Crippen LogP contribution in [0.4, 0.5) is 0 Å². The number of aromatic nitrogens is 4. The molecule has 4 aromatic rings. The normalized spacial score (nSPS) is 11.0. The summed E-state index contributed by atoms with van der Waals surface area (Å²) in [6, 6.07) is 14.6. The van der Waals surface area contributed by atoms with Crippen LogP contribution in [0.25, 0.3) is 21.9 Å². The van der Waals surface area contributed by atoms with Crippen LogP contribution in [0.2, 0.25) is 0 Å². The van der Waals surface area contributed by atoms with Crippen molar-refractivity contribution < 1.29 is 4.79 Å². The van der Waals surface area contributed by atoms with Gasteiger partial charge in [-0.05, 0) is 24.3 Å². The van der Waals surface area contributed by atoms with E-state index in [2.05, 4.69) is 15.5 Å². The number of nitrogens with zero attached hydrogens (tertiary/aromatic N) is 4. The Morgan fingerprint density at radius 3 is 2.67 bits per heavy atom. The van der Waals surface area contributed by atoms with Crippen molar-refractivity contribution in [2.24, 2.45) is 0 Å². The molecule has 0 spiro atoms. The minimum atomic E-state index is -0.264. The molecule has 0 saturated carbocycles. The van der Waals surface area contributed by atoms with Crippen LogP contribution in [0.15, 0.2) is 65.8 Å². The van der Waals surface area contributed by atoms with Gasteiger partial charge in [-0.2, -0.15) is 5.10 Å². The van der Waals surface area contributed by atoms with Gasteiger partial charge in [-0.3, -0.25) is 19.7 Å². The molecule has 0 unspecified atom stereocenters. The lowest BCUT2D eigenvalue weighted by atomic mass is 10.2. The number of para-hydroxylation sites is 3. The van der Waals surface area contributed by atoms with Gasteiger partial charge in [0, 0.05) is 5.39 Å². The first-order valence-corrected chi connectivity index (χ1v) is 7.39. The van der Waals surface area contributed by atoms with Gasteiger partial charge in [0.15, 0.2) is 0 Å². The molecule has 0 fully saturated rings. The van der Waals surface area contributed by atoms with E-state index in [1.807, 2.05) is 24.3 Å². The van der Waals surface area contributed by atoms with E-state index in [4.69, 9.17) is 0 Å². The number of rotatable bonds is 3. The first kappa shape index (κ1) is 14.1. The Balaban J connectivity index is 1.63. The molecule has 24 heavy (non-hydrogen) atoms. The SMILES string of the molecule is O=C(Cn1ncc(=O)c2ccccc21)Nn1cnc2ccccc21. The van der Waals surface area contributed by atoms with Crippen LogP contribution in [-0.4, -0.2) is 25.3 Å². The molecule has 7 heteroatoms. The molecule has 7 nitrogen and oxygen atoms in total. The summed E-state index contributed by atoms with van der Waals surface area (Å²) in [5.41, 5.74) is 4.83. The van der Waals surface area contributed by atoms with Gasteiger partial charge in [0.1, 0.15) is 12.9 Å². The minimum Gasteiger partial charge on any atom is -0.287 e. The lowest BCUT2D eigenvalue weighted by molar-refractivity contribution is -0.117. The van der Waals surface area contributed by atoms with Gasteiger partial charge in [-0.1, -0.05) is 24.3 Å². The zero-order valence-electron chi connectivity index (χ0n) is 12.6. The highest BCUT2D eigenvalue weighted by atomic mass is 16.2. The molecule has 1 N–H and O–H groups in total. The summed E-state index contributed by atoms with van der Waals surface area (Å²) in [5.74, 6) is -0.264. The summed E-state index contributed by atoms with van der Waals surface area (Å²) in [6.07, 6.45) is 2.78. The molecule has 0 aliphatic heterocycles. The fraction of sp³-hybridized carbons (Fsp3) is 0.0588. The molecule has 0 bridgehead atoms. The molecule has 4 rings (SSSR count). The van der Waals surface area contributed by atoms with E-state index < -0.39 is 0 Å². The molecule has 0 atom stereocenters. The number of imidazole rings is 1. The van der Waals surface area contributed by atoms with Crippen molar-refractivity contribution in [2.45, 2.75) is 6.54 Å². The Morgan fingerprint density at radius 2 is 1.79 bits per heavy atom. The third-order valence-corrected chi connectivity index (χ3v) is 3.75. The summed E-state index contributed by atoms with van der Waals surface area (Å²) >= 11 is 0.